The van der Waals surface area contributed by atoms with Crippen molar-refractivity contribution in [2.75, 3.05) is 11.9 Å². The van der Waals surface area contributed by atoms with Gasteiger partial charge in [-0.25, -0.2) is 4.98 Å². The van der Waals surface area contributed by atoms with Crippen molar-refractivity contribution in [3.63, 3.8) is 0 Å². The molecule has 0 radical (unpaired) electrons. The number of ether oxygens (including phenoxy) is 1. The van der Waals surface area contributed by atoms with Gasteiger partial charge < -0.3 is 10.1 Å². The maximum absolute atomic E-state index is 12.5. The molecule has 114 valence electrons. The molecule has 0 amide bonds. The number of halogens is 2. The van der Waals surface area contributed by atoms with Crippen LogP contribution in [0.3, 0.4) is 0 Å². The molecule has 5 heteroatoms. The summed E-state index contributed by atoms with van der Waals surface area (Å²) in [6.07, 6.45) is 2.74. The van der Waals surface area contributed by atoms with Crippen LogP contribution in [0, 0.1) is 0 Å². The Balaban J connectivity index is 2.54. The molecule has 1 aromatic carbocycles. The van der Waals surface area contributed by atoms with Crippen molar-refractivity contribution in [2.24, 2.45) is 0 Å². The minimum atomic E-state index is -2.85. The molecule has 0 fully saturated rings. The average Bonchev–Trinajstić information content (AvgIpc) is 2.45. The number of hydrogen-bond donors (Lipinski definition) is 1. The second-order valence-corrected chi connectivity index (χ2v) is 4.87. The summed E-state index contributed by atoms with van der Waals surface area (Å²) in [5.74, 6) is 0.125. The fourth-order valence-corrected chi connectivity index (χ4v) is 2.26. The quantitative estimate of drug-likeness (QED) is 0.809. The van der Waals surface area contributed by atoms with Gasteiger partial charge in [0, 0.05) is 23.3 Å². The number of nitrogens with zero attached hydrogens (tertiary/aromatic N) is 1. The third-order valence-corrected chi connectivity index (χ3v) is 3.14. The highest BCUT2D eigenvalue weighted by atomic mass is 19.3. The number of benzene rings is 1. The van der Waals surface area contributed by atoms with E-state index in [-0.39, 0.29) is 5.75 Å². The first kappa shape index (κ1) is 15.5. The maximum Gasteiger partial charge on any atom is 0.387 e. The molecule has 0 aliphatic carbocycles. The Morgan fingerprint density at radius 1 is 1.24 bits per heavy atom. The van der Waals surface area contributed by atoms with Gasteiger partial charge in [0.25, 0.3) is 0 Å². The Hall–Kier alpha value is -1.91. The van der Waals surface area contributed by atoms with Gasteiger partial charge in [-0.05, 0) is 25.0 Å². The molecular weight excluding hydrogens is 274 g/mol. The largest absolute Gasteiger partial charge is 0.432 e. The van der Waals surface area contributed by atoms with Gasteiger partial charge >= 0.3 is 6.61 Å². The van der Waals surface area contributed by atoms with Gasteiger partial charge in [0.15, 0.2) is 5.75 Å². The standard InChI is InChI=1S/C16H20F2N2O/c1-3-6-11-10-13(19-9-4-2)12-7-5-8-14(15(12)20-11)21-16(17)18/h5,7-8,10,16H,3-4,6,9H2,1-2H3,(H,19,20). The van der Waals surface area contributed by atoms with Crippen molar-refractivity contribution in [2.45, 2.75) is 39.7 Å². The van der Waals surface area contributed by atoms with Gasteiger partial charge in [-0.3, -0.25) is 0 Å². The van der Waals surface area contributed by atoms with Gasteiger partial charge in [-0.2, -0.15) is 8.78 Å². The highest BCUT2D eigenvalue weighted by Gasteiger charge is 2.13. The number of aromatic nitrogens is 1. The molecule has 2 rings (SSSR count). The second kappa shape index (κ2) is 7.20. The molecule has 0 saturated carbocycles. The van der Waals surface area contributed by atoms with E-state index in [2.05, 4.69) is 28.9 Å². The van der Waals surface area contributed by atoms with Gasteiger partial charge in [-0.1, -0.05) is 32.4 Å². The lowest BCUT2D eigenvalue weighted by Gasteiger charge is -2.14. The zero-order chi connectivity index (χ0) is 15.2. The lowest BCUT2D eigenvalue weighted by molar-refractivity contribution is -0.0489. The lowest BCUT2D eigenvalue weighted by atomic mass is 10.1. The number of hydrogen-bond acceptors (Lipinski definition) is 3. The van der Waals surface area contributed by atoms with Crippen LogP contribution in [-0.4, -0.2) is 18.1 Å². The van der Waals surface area contributed by atoms with E-state index >= 15 is 0 Å². The van der Waals surface area contributed by atoms with Crippen molar-refractivity contribution < 1.29 is 13.5 Å². The normalized spacial score (nSPS) is 11.1. The van der Waals surface area contributed by atoms with Crippen LogP contribution >= 0.6 is 0 Å². The Labute approximate surface area is 123 Å². The molecule has 0 saturated heterocycles. The molecule has 21 heavy (non-hydrogen) atoms. The highest BCUT2D eigenvalue weighted by molar-refractivity contribution is 5.95. The van der Waals surface area contributed by atoms with E-state index in [1.165, 1.54) is 6.07 Å². The van der Waals surface area contributed by atoms with Crippen molar-refractivity contribution in [1.82, 2.24) is 4.98 Å². The molecule has 3 nitrogen and oxygen atoms in total. The Bertz CT molecular complexity index is 602. The molecule has 1 heterocycles. The molecule has 1 aromatic heterocycles. The van der Waals surface area contributed by atoms with Crippen molar-refractivity contribution in [1.29, 1.82) is 0 Å². The number of aryl methyl sites for hydroxylation is 1. The summed E-state index contributed by atoms with van der Waals surface area (Å²) < 4.78 is 29.7. The van der Waals surface area contributed by atoms with E-state index < -0.39 is 6.61 Å². The zero-order valence-electron chi connectivity index (χ0n) is 12.3. The fourth-order valence-electron chi connectivity index (χ4n) is 2.26. The van der Waals surface area contributed by atoms with Gasteiger partial charge in [0.05, 0.1) is 0 Å². The summed E-state index contributed by atoms with van der Waals surface area (Å²) in [7, 11) is 0. The second-order valence-electron chi connectivity index (χ2n) is 4.87. The number of nitrogens with one attached hydrogen (secondary N) is 1. The summed E-state index contributed by atoms with van der Waals surface area (Å²) in [5.41, 5.74) is 2.29. The fraction of sp³-hybridized carbons (Fsp3) is 0.438. The van der Waals surface area contributed by atoms with Crippen LogP contribution in [0.2, 0.25) is 0 Å². The molecule has 0 unspecified atom stereocenters. The van der Waals surface area contributed by atoms with Crippen molar-refractivity contribution >= 4 is 16.6 Å². The summed E-state index contributed by atoms with van der Waals surface area (Å²) in [5, 5.41) is 4.14. The Morgan fingerprint density at radius 3 is 2.71 bits per heavy atom. The minimum absolute atomic E-state index is 0.125. The van der Waals surface area contributed by atoms with E-state index in [0.717, 1.165) is 42.6 Å². The summed E-state index contributed by atoms with van der Waals surface area (Å²) in [6, 6.07) is 7.10. The van der Waals surface area contributed by atoms with E-state index in [4.69, 9.17) is 0 Å². The third kappa shape index (κ3) is 3.80. The van der Waals surface area contributed by atoms with E-state index in [1.807, 2.05) is 12.1 Å². The number of para-hydroxylation sites is 1. The Kier molecular flexibility index (Phi) is 5.31. The van der Waals surface area contributed by atoms with Crippen LogP contribution in [0.25, 0.3) is 10.9 Å². The van der Waals surface area contributed by atoms with Crippen LogP contribution in [-0.2, 0) is 6.42 Å². The predicted octanol–water partition coefficient (Wildman–Crippen LogP) is 4.61. The lowest BCUT2D eigenvalue weighted by Crippen LogP contribution is -2.06. The number of pyridine rings is 1. The SMILES string of the molecule is CCCNc1cc(CCC)nc2c(OC(F)F)cccc12. The molecular formula is C16H20F2N2O. The molecule has 0 aliphatic rings. The van der Waals surface area contributed by atoms with Crippen LogP contribution in [0.4, 0.5) is 14.5 Å². The van der Waals surface area contributed by atoms with Gasteiger partial charge in [0.1, 0.15) is 5.52 Å². The van der Waals surface area contributed by atoms with E-state index in [1.54, 1.807) is 6.07 Å². The number of anilines is 1. The smallest absolute Gasteiger partial charge is 0.387 e. The summed E-state index contributed by atoms with van der Waals surface area (Å²) >= 11 is 0. The Morgan fingerprint density at radius 2 is 2.05 bits per heavy atom. The van der Waals surface area contributed by atoms with Crippen LogP contribution in [0.15, 0.2) is 24.3 Å². The predicted molar refractivity (Wildman–Crippen MR) is 81.2 cm³/mol. The number of fused-ring (bicyclic) bond motifs is 1. The van der Waals surface area contributed by atoms with Crippen LogP contribution in [0.1, 0.15) is 32.4 Å². The first-order valence-electron chi connectivity index (χ1n) is 7.27. The van der Waals surface area contributed by atoms with Crippen molar-refractivity contribution in [3.05, 3.63) is 30.0 Å². The number of alkyl halides is 2. The minimum Gasteiger partial charge on any atom is -0.432 e. The van der Waals surface area contributed by atoms with Crippen molar-refractivity contribution in [3.8, 4) is 5.75 Å². The van der Waals surface area contributed by atoms with Crippen LogP contribution < -0.4 is 10.1 Å². The molecule has 1 N–H and O–H groups in total. The average molecular weight is 294 g/mol. The summed E-state index contributed by atoms with van der Waals surface area (Å²) in [4.78, 5) is 4.49. The molecule has 0 spiro atoms. The number of rotatable bonds is 7. The van der Waals surface area contributed by atoms with Gasteiger partial charge in [0.2, 0.25) is 0 Å². The topological polar surface area (TPSA) is 34.2 Å². The first-order chi connectivity index (χ1) is 10.2. The molecule has 0 atom stereocenters. The summed E-state index contributed by atoms with van der Waals surface area (Å²) in [6.45, 7) is 2.12. The zero-order valence-corrected chi connectivity index (χ0v) is 12.3. The van der Waals surface area contributed by atoms with E-state index in [0.29, 0.717) is 5.52 Å². The maximum atomic E-state index is 12.5. The van der Waals surface area contributed by atoms with Crippen LogP contribution in [0.5, 0.6) is 5.75 Å². The molecule has 0 bridgehead atoms. The van der Waals surface area contributed by atoms with Gasteiger partial charge in [-0.15, -0.1) is 0 Å². The monoisotopic (exact) mass is 294 g/mol. The molecule has 2 aromatic rings. The molecule has 0 aliphatic heterocycles. The third-order valence-electron chi connectivity index (χ3n) is 3.14. The van der Waals surface area contributed by atoms with E-state index in [9.17, 15) is 8.78 Å². The highest BCUT2D eigenvalue weighted by Crippen LogP contribution is 2.31. The first-order valence-corrected chi connectivity index (χ1v) is 7.27.